The standard InChI is InChI=1S/C17H21NO2S2/c1-3-20-16-9-5-4-7-14(16)12-22-13(2)17(19)18-11-15-8-6-10-21-15/h4-10,13H,3,11-12H2,1-2H3,(H,18,19). The molecule has 0 radical (unpaired) electrons. The molecule has 0 aliphatic heterocycles. The van der Waals surface area contributed by atoms with Crippen LogP contribution in [0.4, 0.5) is 0 Å². The second-order valence-electron chi connectivity index (χ2n) is 4.79. The fourth-order valence-electron chi connectivity index (χ4n) is 1.94. The number of amides is 1. The summed E-state index contributed by atoms with van der Waals surface area (Å²) in [6, 6.07) is 12.0. The number of thiophene rings is 1. The maximum Gasteiger partial charge on any atom is 0.233 e. The monoisotopic (exact) mass is 335 g/mol. The zero-order chi connectivity index (χ0) is 15.8. The number of hydrogen-bond acceptors (Lipinski definition) is 4. The van der Waals surface area contributed by atoms with Crippen molar-refractivity contribution >= 4 is 29.0 Å². The predicted molar refractivity (Wildman–Crippen MR) is 94.5 cm³/mol. The summed E-state index contributed by atoms with van der Waals surface area (Å²) < 4.78 is 5.61. The van der Waals surface area contributed by atoms with Gasteiger partial charge >= 0.3 is 0 Å². The highest BCUT2D eigenvalue weighted by atomic mass is 32.2. The fraction of sp³-hybridized carbons (Fsp3) is 0.353. The average Bonchev–Trinajstić information content (AvgIpc) is 3.05. The summed E-state index contributed by atoms with van der Waals surface area (Å²) >= 11 is 3.28. The van der Waals surface area contributed by atoms with Gasteiger partial charge in [-0.2, -0.15) is 0 Å². The highest BCUT2D eigenvalue weighted by Crippen LogP contribution is 2.25. The molecule has 0 aliphatic carbocycles. The molecule has 1 aromatic carbocycles. The molecule has 5 heteroatoms. The Morgan fingerprint density at radius 2 is 2.14 bits per heavy atom. The Hall–Kier alpha value is -1.46. The fourth-order valence-corrected chi connectivity index (χ4v) is 3.49. The largest absolute Gasteiger partial charge is 0.494 e. The number of para-hydroxylation sites is 1. The van der Waals surface area contributed by atoms with Gasteiger partial charge in [0.1, 0.15) is 5.75 Å². The van der Waals surface area contributed by atoms with Crippen LogP contribution < -0.4 is 10.1 Å². The maximum absolute atomic E-state index is 12.1. The third kappa shape index (κ3) is 5.07. The number of ether oxygens (including phenoxy) is 1. The zero-order valence-corrected chi connectivity index (χ0v) is 14.5. The first-order valence-electron chi connectivity index (χ1n) is 7.33. The summed E-state index contributed by atoms with van der Waals surface area (Å²) in [5.41, 5.74) is 1.13. The minimum atomic E-state index is -0.0883. The number of rotatable bonds is 8. The van der Waals surface area contributed by atoms with Crippen molar-refractivity contribution in [1.82, 2.24) is 5.32 Å². The molecule has 0 saturated carbocycles. The Morgan fingerprint density at radius 3 is 2.86 bits per heavy atom. The van der Waals surface area contributed by atoms with E-state index in [1.807, 2.05) is 55.6 Å². The Morgan fingerprint density at radius 1 is 1.32 bits per heavy atom. The molecular formula is C17H21NO2S2. The minimum Gasteiger partial charge on any atom is -0.494 e. The molecule has 1 amide bonds. The molecule has 0 saturated heterocycles. The van der Waals surface area contributed by atoms with Gasteiger partial charge in [-0.1, -0.05) is 24.3 Å². The van der Waals surface area contributed by atoms with Crippen molar-refractivity contribution in [1.29, 1.82) is 0 Å². The summed E-state index contributed by atoms with van der Waals surface area (Å²) in [5.74, 6) is 1.75. The van der Waals surface area contributed by atoms with Gasteiger partial charge in [0.2, 0.25) is 5.91 Å². The van der Waals surface area contributed by atoms with E-state index in [4.69, 9.17) is 4.74 Å². The van der Waals surface area contributed by atoms with Crippen molar-refractivity contribution in [3.63, 3.8) is 0 Å². The van der Waals surface area contributed by atoms with E-state index in [1.54, 1.807) is 23.1 Å². The van der Waals surface area contributed by atoms with Crippen LogP contribution in [0.15, 0.2) is 41.8 Å². The van der Waals surface area contributed by atoms with Crippen LogP contribution in [0.2, 0.25) is 0 Å². The molecule has 22 heavy (non-hydrogen) atoms. The molecule has 118 valence electrons. The quantitative estimate of drug-likeness (QED) is 0.790. The average molecular weight is 335 g/mol. The lowest BCUT2D eigenvalue weighted by Gasteiger charge is -2.13. The molecule has 2 rings (SSSR count). The molecule has 1 heterocycles. The van der Waals surface area contributed by atoms with Crippen LogP contribution in [0, 0.1) is 0 Å². The third-order valence-corrected chi connectivity index (χ3v) is 5.22. The zero-order valence-electron chi connectivity index (χ0n) is 12.9. The molecule has 3 nitrogen and oxygen atoms in total. The Balaban J connectivity index is 1.81. The van der Waals surface area contributed by atoms with Crippen LogP contribution in [0.1, 0.15) is 24.3 Å². The predicted octanol–water partition coefficient (Wildman–Crippen LogP) is 4.08. The molecule has 0 bridgehead atoms. The van der Waals surface area contributed by atoms with Crippen LogP contribution in [0.25, 0.3) is 0 Å². The van der Waals surface area contributed by atoms with Crippen LogP contribution in [-0.2, 0) is 17.1 Å². The molecule has 0 fully saturated rings. The van der Waals surface area contributed by atoms with Gasteiger partial charge in [0.15, 0.2) is 0 Å². The highest BCUT2D eigenvalue weighted by molar-refractivity contribution is 7.99. The minimum absolute atomic E-state index is 0.0762. The van der Waals surface area contributed by atoms with Crippen LogP contribution in [0.3, 0.4) is 0 Å². The first-order chi connectivity index (χ1) is 10.7. The van der Waals surface area contributed by atoms with Gasteiger partial charge in [0.05, 0.1) is 18.4 Å². The maximum atomic E-state index is 12.1. The Bertz CT molecular complexity index is 584. The van der Waals surface area contributed by atoms with Gasteiger partial charge in [-0.15, -0.1) is 23.1 Å². The van der Waals surface area contributed by atoms with E-state index in [0.717, 1.165) is 17.1 Å². The van der Waals surface area contributed by atoms with E-state index in [2.05, 4.69) is 5.32 Å². The molecule has 0 spiro atoms. The number of benzene rings is 1. The topological polar surface area (TPSA) is 38.3 Å². The lowest BCUT2D eigenvalue weighted by molar-refractivity contribution is -0.120. The van der Waals surface area contributed by atoms with Gasteiger partial charge in [0.25, 0.3) is 0 Å². The van der Waals surface area contributed by atoms with Crippen LogP contribution >= 0.6 is 23.1 Å². The summed E-state index contributed by atoms with van der Waals surface area (Å²) in [6.07, 6.45) is 0. The highest BCUT2D eigenvalue weighted by Gasteiger charge is 2.14. The number of carbonyl (C=O) groups is 1. The Kier molecular flexibility index (Phi) is 6.80. The number of carbonyl (C=O) groups excluding carboxylic acids is 1. The number of thioether (sulfide) groups is 1. The van der Waals surface area contributed by atoms with Crippen molar-refractivity contribution in [2.45, 2.75) is 31.4 Å². The molecule has 1 N–H and O–H groups in total. The van der Waals surface area contributed by atoms with E-state index < -0.39 is 0 Å². The van der Waals surface area contributed by atoms with Crippen molar-refractivity contribution in [2.75, 3.05) is 6.61 Å². The second-order valence-corrected chi connectivity index (χ2v) is 7.15. The smallest absolute Gasteiger partial charge is 0.233 e. The first-order valence-corrected chi connectivity index (χ1v) is 9.26. The van der Waals surface area contributed by atoms with Gasteiger partial charge in [-0.05, 0) is 31.4 Å². The first kappa shape index (κ1) is 16.9. The lowest BCUT2D eigenvalue weighted by Crippen LogP contribution is -2.30. The van der Waals surface area contributed by atoms with Crippen molar-refractivity contribution in [2.24, 2.45) is 0 Å². The van der Waals surface area contributed by atoms with E-state index in [9.17, 15) is 4.79 Å². The Labute approximate surface area is 140 Å². The van der Waals surface area contributed by atoms with E-state index in [-0.39, 0.29) is 11.2 Å². The van der Waals surface area contributed by atoms with Crippen molar-refractivity contribution in [3.05, 3.63) is 52.2 Å². The van der Waals surface area contributed by atoms with Crippen LogP contribution in [0.5, 0.6) is 5.75 Å². The molecule has 0 aliphatic rings. The number of nitrogens with one attached hydrogen (secondary N) is 1. The van der Waals surface area contributed by atoms with E-state index >= 15 is 0 Å². The summed E-state index contributed by atoms with van der Waals surface area (Å²) in [5, 5.41) is 4.91. The normalized spacial score (nSPS) is 11.9. The van der Waals surface area contributed by atoms with Gasteiger partial charge < -0.3 is 10.1 Å². The SMILES string of the molecule is CCOc1ccccc1CSC(C)C(=O)NCc1cccs1. The van der Waals surface area contributed by atoms with E-state index in [0.29, 0.717) is 13.2 Å². The second kappa shape index (κ2) is 8.86. The molecular weight excluding hydrogens is 314 g/mol. The third-order valence-electron chi connectivity index (χ3n) is 3.15. The van der Waals surface area contributed by atoms with Crippen molar-refractivity contribution < 1.29 is 9.53 Å². The van der Waals surface area contributed by atoms with Gasteiger partial charge in [-0.25, -0.2) is 0 Å². The number of hydrogen-bond donors (Lipinski definition) is 1. The molecule has 1 aromatic heterocycles. The molecule has 1 atom stereocenters. The van der Waals surface area contributed by atoms with Crippen LogP contribution in [-0.4, -0.2) is 17.8 Å². The van der Waals surface area contributed by atoms with Gasteiger partial charge in [0, 0.05) is 16.2 Å². The van der Waals surface area contributed by atoms with Crippen molar-refractivity contribution in [3.8, 4) is 5.75 Å². The summed E-state index contributed by atoms with van der Waals surface area (Å²) in [4.78, 5) is 13.3. The lowest BCUT2D eigenvalue weighted by atomic mass is 10.2. The molecule has 1 unspecified atom stereocenters. The summed E-state index contributed by atoms with van der Waals surface area (Å²) in [6.45, 7) is 5.18. The van der Waals surface area contributed by atoms with Gasteiger partial charge in [-0.3, -0.25) is 4.79 Å². The van der Waals surface area contributed by atoms with E-state index in [1.165, 1.54) is 4.88 Å². The summed E-state index contributed by atoms with van der Waals surface area (Å²) in [7, 11) is 0. The molecule has 2 aromatic rings.